The molecule has 0 aliphatic rings. The summed E-state index contributed by atoms with van der Waals surface area (Å²) in [5.74, 6) is -0.161. The van der Waals surface area contributed by atoms with E-state index < -0.39 is 20.0 Å². The third-order valence-corrected chi connectivity index (χ3v) is 9.95. The fourth-order valence-corrected chi connectivity index (χ4v) is 6.72. The number of hydrogen-bond donors (Lipinski definition) is 4. The molecule has 3 unspecified atom stereocenters. The summed E-state index contributed by atoms with van der Waals surface area (Å²) >= 11 is 0. The van der Waals surface area contributed by atoms with Crippen molar-refractivity contribution in [2.24, 2.45) is 5.73 Å². The third-order valence-electron chi connectivity index (χ3n) is 8.96. The molecule has 0 rings (SSSR count). The van der Waals surface area contributed by atoms with Gasteiger partial charge in [-0.15, -0.1) is 0 Å². The smallest absolute Gasteiger partial charge is 0.391 e. The zero-order valence-electron chi connectivity index (χ0n) is 30.3. The van der Waals surface area contributed by atoms with Crippen LogP contribution in [0, 0.1) is 0 Å². The van der Waals surface area contributed by atoms with E-state index >= 15 is 0 Å². The molecule has 0 heterocycles. The quantitative estimate of drug-likeness (QED) is 0.0380. The summed E-state index contributed by atoms with van der Waals surface area (Å²) in [6.07, 6.45) is 33.9. The Labute approximate surface area is 284 Å². The van der Waals surface area contributed by atoms with Gasteiger partial charge in [-0.3, -0.25) is 13.8 Å². The van der Waals surface area contributed by atoms with E-state index in [4.69, 9.17) is 14.8 Å². The fourth-order valence-electron chi connectivity index (χ4n) is 5.96. The number of nitrogens with two attached hydrogens (primary N) is 1. The van der Waals surface area contributed by atoms with Gasteiger partial charge in [-0.2, -0.15) is 0 Å². The van der Waals surface area contributed by atoms with E-state index in [1.165, 1.54) is 135 Å². The Morgan fingerprint density at radius 3 is 1.39 bits per heavy atom. The van der Waals surface area contributed by atoms with Crippen LogP contribution in [0.2, 0.25) is 0 Å². The van der Waals surface area contributed by atoms with Crippen LogP contribution in [-0.4, -0.2) is 47.8 Å². The van der Waals surface area contributed by atoms with Gasteiger partial charge < -0.3 is 21.1 Å². The van der Waals surface area contributed by atoms with Crippen LogP contribution in [0.3, 0.4) is 0 Å². The van der Waals surface area contributed by atoms with Gasteiger partial charge in [-0.05, 0) is 12.8 Å². The first-order chi connectivity index (χ1) is 22.4. The molecule has 0 saturated heterocycles. The molecule has 5 N–H and O–H groups in total. The first-order valence-corrected chi connectivity index (χ1v) is 21.1. The Bertz CT molecular complexity index is 699. The molecule has 276 valence electrons. The predicted octanol–water partition coefficient (Wildman–Crippen LogP) is 10.3. The summed E-state index contributed by atoms with van der Waals surface area (Å²) < 4.78 is 22.1. The first kappa shape index (κ1) is 45.5. The highest BCUT2D eigenvalue weighted by Crippen LogP contribution is 2.43. The number of aliphatic hydroxyl groups is 1. The standard InChI is InChI=1S/C37H77N2O6P/c1-3-5-7-9-11-13-15-16-17-18-19-21-22-24-26-28-30-36(40)35(34-45-46(42,43)44-33-32-38)39-37(41)31-29-27-25-23-20-14-12-10-8-6-4-2/h35-36,40H,3-34,38H2,1-2H3,(H,39,41)(H,42,43). The zero-order valence-corrected chi connectivity index (χ0v) is 31.2. The molecule has 3 atom stereocenters. The summed E-state index contributed by atoms with van der Waals surface area (Å²) in [5.41, 5.74) is 5.36. The highest BCUT2D eigenvalue weighted by molar-refractivity contribution is 7.47. The summed E-state index contributed by atoms with van der Waals surface area (Å²) in [6, 6.07) is -0.765. The van der Waals surface area contributed by atoms with E-state index in [2.05, 4.69) is 19.2 Å². The van der Waals surface area contributed by atoms with Gasteiger partial charge in [-0.1, -0.05) is 181 Å². The van der Waals surface area contributed by atoms with Crippen LogP contribution in [0.25, 0.3) is 0 Å². The van der Waals surface area contributed by atoms with Crippen LogP contribution in [0.1, 0.15) is 200 Å². The Kier molecular flexibility index (Phi) is 34.0. The highest BCUT2D eigenvalue weighted by Gasteiger charge is 2.27. The maximum atomic E-state index is 12.7. The molecule has 0 fully saturated rings. The Balaban J connectivity index is 4.18. The van der Waals surface area contributed by atoms with Crippen LogP contribution < -0.4 is 11.1 Å². The molecule has 8 nitrogen and oxygen atoms in total. The first-order valence-electron chi connectivity index (χ1n) is 19.7. The molecule has 9 heteroatoms. The third kappa shape index (κ3) is 32.1. The lowest BCUT2D eigenvalue weighted by Gasteiger charge is -2.25. The lowest BCUT2D eigenvalue weighted by Crippen LogP contribution is -2.46. The van der Waals surface area contributed by atoms with Crippen molar-refractivity contribution in [1.82, 2.24) is 5.32 Å². The lowest BCUT2D eigenvalue weighted by molar-refractivity contribution is -0.123. The maximum absolute atomic E-state index is 12.7. The number of phosphoric ester groups is 1. The van der Waals surface area contributed by atoms with E-state index in [9.17, 15) is 19.4 Å². The Hall–Kier alpha value is -0.500. The number of rotatable bonds is 37. The van der Waals surface area contributed by atoms with Crippen LogP contribution in [0.4, 0.5) is 0 Å². The van der Waals surface area contributed by atoms with E-state index in [1.807, 2.05) is 0 Å². The van der Waals surface area contributed by atoms with Gasteiger partial charge in [0.1, 0.15) is 0 Å². The second-order valence-electron chi connectivity index (χ2n) is 13.5. The van der Waals surface area contributed by atoms with E-state index in [1.54, 1.807) is 0 Å². The molecule has 0 saturated carbocycles. The number of carbonyl (C=O) groups excluding carboxylic acids is 1. The molecule has 0 aromatic heterocycles. The van der Waals surface area contributed by atoms with Crippen molar-refractivity contribution < 1.29 is 28.4 Å². The number of amides is 1. The summed E-state index contributed by atoms with van der Waals surface area (Å²) in [7, 11) is -4.30. The second kappa shape index (κ2) is 34.4. The predicted molar refractivity (Wildman–Crippen MR) is 194 cm³/mol. The maximum Gasteiger partial charge on any atom is 0.472 e. The fraction of sp³-hybridized carbons (Fsp3) is 0.973. The Morgan fingerprint density at radius 2 is 1.00 bits per heavy atom. The Morgan fingerprint density at radius 1 is 0.630 bits per heavy atom. The van der Waals surface area contributed by atoms with Gasteiger partial charge in [0, 0.05) is 13.0 Å². The van der Waals surface area contributed by atoms with E-state index in [0.29, 0.717) is 12.8 Å². The van der Waals surface area contributed by atoms with Crippen molar-refractivity contribution in [3.8, 4) is 0 Å². The lowest BCUT2D eigenvalue weighted by atomic mass is 10.0. The molecule has 0 aliphatic carbocycles. The van der Waals surface area contributed by atoms with E-state index in [0.717, 1.165) is 38.5 Å². The molecule has 0 spiro atoms. The van der Waals surface area contributed by atoms with Crippen LogP contribution in [-0.2, 0) is 18.4 Å². The van der Waals surface area contributed by atoms with Crippen molar-refractivity contribution in [3.05, 3.63) is 0 Å². The molecule has 0 aliphatic heterocycles. The molecule has 46 heavy (non-hydrogen) atoms. The normalized spacial score (nSPS) is 14.3. The van der Waals surface area contributed by atoms with Gasteiger partial charge in [0.05, 0.1) is 25.4 Å². The van der Waals surface area contributed by atoms with Gasteiger partial charge in [0.25, 0.3) is 0 Å². The molecule has 0 radical (unpaired) electrons. The van der Waals surface area contributed by atoms with E-state index in [-0.39, 0.29) is 25.7 Å². The van der Waals surface area contributed by atoms with Gasteiger partial charge in [-0.25, -0.2) is 4.57 Å². The number of hydrogen-bond acceptors (Lipinski definition) is 6. The molecular formula is C37H77N2O6P. The molecule has 0 aromatic rings. The molecular weight excluding hydrogens is 599 g/mol. The zero-order chi connectivity index (χ0) is 34.0. The van der Waals surface area contributed by atoms with Crippen LogP contribution >= 0.6 is 7.82 Å². The molecule has 0 bridgehead atoms. The van der Waals surface area contributed by atoms with Crippen LogP contribution in [0.5, 0.6) is 0 Å². The van der Waals surface area contributed by atoms with Crippen molar-refractivity contribution in [2.75, 3.05) is 19.8 Å². The summed E-state index contributed by atoms with van der Waals surface area (Å²) in [6.45, 7) is 4.21. The molecule has 0 aromatic carbocycles. The molecule has 1 amide bonds. The average molecular weight is 677 g/mol. The minimum atomic E-state index is -4.30. The summed E-state index contributed by atoms with van der Waals surface area (Å²) in [4.78, 5) is 22.6. The van der Waals surface area contributed by atoms with Crippen LogP contribution in [0.15, 0.2) is 0 Å². The number of aliphatic hydroxyl groups excluding tert-OH is 1. The second-order valence-corrected chi connectivity index (χ2v) is 15.0. The van der Waals surface area contributed by atoms with Gasteiger partial charge in [0.2, 0.25) is 5.91 Å². The number of unbranched alkanes of at least 4 members (excludes halogenated alkanes) is 25. The monoisotopic (exact) mass is 677 g/mol. The van der Waals surface area contributed by atoms with Gasteiger partial charge >= 0.3 is 7.82 Å². The van der Waals surface area contributed by atoms with Crippen molar-refractivity contribution in [1.29, 1.82) is 0 Å². The largest absolute Gasteiger partial charge is 0.472 e. The minimum absolute atomic E-state index is 0.0922. The minimum Gasteiger partial charge on any atom is -0.391 e. The number of phosphoric acid groups is 1. The van der Waals surface area contributed by atoms with Crippen molar-refractivity contribution in [3.63, 3.8) is 0 Å². The SMILES string of the molecule is CCCCCCCCCCCCCCCCCCC(O)C(COP(=O)(O)OCCN)NC(=O)CCCCCCCCCCCCC. The van der Waals surface area contributed by atoms with Crippen molar-refractivity contribution >= 4 is 13.7 Å². The average Bonchev–Trinajstić information content (AvgIpc) is 3.04. The highest BCUT2D eigenvalue weighted by atomic mass is 31.2. The topological polar surface area (TPSA) is 131 Å². The number of nitrogens with one attached hydrogen (secondary N) is 1. The van der Waals surface area contributed by atoms with Gasteiger partial charge in [0.15, 0.2) is 0 Å². The van der Waals surface area contributed by atoms with Crippen molar-refractivity contribution in [2.45, 2.75) is 212 Å². The summed E-state index contributed by atoms with van der Waals surface area (Å²) in [5, 5.41) is 13.7. The number of carbonyl (C=O) groups is 1.